The van der Waals surface area contributed by atoms with Crippen LogP contribution in [0, 0.1) is 5.92 Å². The second-order valence-electron chi connectivity index (χ2n) is 8.00. The van der Waals surface area contributed by atoms with Crippen molar-refractivity contribution < 1.29 is 17.9 Å². The van der Waals surface area contributed by atoms with Gasteiger partial charge in [0.15, 0.2) is 0 Å². The van der Waals surface area contributed by atoms with Crippen LogP contribution < -0.4 is 10.1 Å². The molecule has 1 amide bonds. The minimum atomic E-state index is -3.61. The normalized spacial score (nSPS) is 19.5. The lowest BCUT2D eigenvalue weighted by Gasteiger charge is -2.35. The highest BCUT2D eigenvalue weighted by Gasteiger charge is 2.40. The number of thiophene rings is 1. The van der Waals surface area contributed by atoms with E-state index >= 15 is 0 Å². The van der Waals surface area contributed by atoms with Crippen LogP contribution in [0.1, 0.15) is 29.3 Å². The number of nitrogens with one attached hydrogen (secondary N) is 1. The largest absolute Gasteiger partial charge is 0.495 e. The van der Waals surface area contributed by atoms with Crippen LogP contribution in [-0.4, -0.2) is 57.8 Å². The van der Waals surface area contributed by atoms with Crippen molar-refractivity contribution in [1.82, 2.24) is 9.21 Å². The number of anilines is 1. The molecule has 1 fully saturated rings. The first-order valence-electron chi connectivity index (χ1n) is 10.0. The summed E-state index contributed by atoms with van der Waals surface area (Å²) in [5.41, 5.74) is 1.74. The maximum Gasteiger partial charge on any atom is 0.242 e. The molecule has 0 radical (unpaired) electrons. The number of rotatable bonds is 7. The van der Waals surface area contributed by atoms with Gasteiger partial charge in [0.2, 0.25) is 15.9 Å². The molecule has 1 N–H and O–H groups in total. The summed E-state index contributed by atoms with van der Waals surface area (Å²) in [6.45, 7) is 1.12. The molecule has 30 heavy (non-hydrogen) atoms. The number of carbonyl (C=O) groups excluding carboxylic acids is 1. The molecule has 1 aliphatic carbocycles. The van der Waals surface area contributed by atoms with Crippen molar-refractivity contribution in [1.29, 1.82) is 0 Å². The zero-order valence-electron chi connectivity index (χ0n) is 17.4. The SMILES string of the molecule is COc1ccc(S(=O)(=O)N(C)C)cc1NC(=O)CN1CCc2sccc2[C@H]1C1CC1. The molecule has 7 nitrogen and oxygen atoms in total. The van der Waals surface area contributed by atoms with E-state index in [2.05, 4.69) is 21.7 Å². The van der Waals surface area contributed by atoms with E-state index in [-0.39, 0.29) is 17.3 Å². The predicted molar refractivity (Wildman–Crippen MR) is 118 cm³/mol. The summed E-state index contributed by atoms with van der Waals surface area (Å²) < 4.78 is 31.4. The molecule has 9 heteroatoms. The monoisotopic (exact) mass is 449 g/mol. The molecule has 0 bridgehead atoms. The lowest BCUT2D eigenvalue weighted by atomic mass is 9.96. The van der Waals surface area contributed by atoms with E-state index in [1.807, 2.05) is 0 Å². The summed E-state index contributed by atoms with van der Waals surface area (Å²) in [6.07, 6.45) is 3.37. The van der Waals surface area contributed by atoms with E-state index in [1.165, 1.54) is 56.6 Å². The second kappa shape index (κ2) is 8.30. The minimum absolute atomic E-state index is 0.111. The summed E-state index contributed by atoms with van der Waals surface area (Å²) in [5, 5.41) is 5.02. The first-order valence-corrected chi connectivity index (χ1v) is 12.3. The summed E-state index contributed by atoms with van der Waals surface area (Å²) in [7, 11) is 0.842. The molecule has 0 saturated heterocycles. The van der Waals surface area contributed by atoms with Crippen molar-refractivity contribution in [2.45, 2.75) is 30.2 Å². The fourth-order valence-electron chi connectivity index (χ4n) is 4.07. The summed E-state index contributed by atoms with van der Waals surface area (Å²) in [6, 6.07) is 7.00. The molecule has 1 aromatic heterocycles. The van der Waals surface area contributed by atoms with E-state index in [9.17, 15) is 13.2 Å². The highest BCUT2D eigenvalue weighted by molar-refractivity contribution is 7.89. The standard InChI is InChI=1S/C21H27N3O4S2/c1-23(2)30(26,27)15-6-7-18(28-3)17(12-15)22-20(25)13-24-10-8-19-16(9-11-29-19)21(24)14-4-5-14/h6-7,9,11-12,14,21H,4-5,8,10,13H2,1-3H3,(H,22,25)/t21-/m1/s1. The van der Waals surface area contributed by atoms with E-state index in [4.69, 9.17) is 4.74 Å². The van der Waals surface area contributed by atoms with Crippen LogP contribution in [0.4, 0.5) is 5.69 Å². The second-order valence-corrected chi connectivity index (χ2v) is 11.2. The van der Waals surface area contributed by atoms with Crippen LogP contribution in [-0.2, 0) is 21.2 Å². The van der Waals surface area contributed by atoms with Gasteiger partial charge in [-0.05, 0) is 60.4 Å². The Morgan fingerprint density at radius 3 is 2.73 bits per heavy atom. The number of nitrogens with zero attached hydrogens (tertiary/aromatic N) is 2. The van der Waals surface area contributed by atoms with Crippen LogP contribution in [0.15, 0.2) is 34.5 Å². The average molecular weight is 450 g/mol. The predicted octanol–water partition coefficient (Wildman–Crippen LogP) is 2.95. The molecule has 1 aromatic carbocycles. The Kier molecular flexibility index (Phi) is 5.89. The number of benzene rings is 1. The third kappa shape index (κ3) is 4.12. The lowest BCUT2D eigenvalue weighted by Crippen LogP contribution is -2.41. The van der Waals surface area contributed by atoms with E-state index in [0.29, 0.717) is 23.4 Å². The molecular formula is C21H27N3O4S2. The molecule has 1 atom stereocenters. The number of methoxy groups -OCH3 is 1. The Hall–Kier alpha value is -1.94. The highest BCUT2D eigenvalue weighted by Crippen LogP contribution is 2.48. The topological polar surface area (TPSA) is 79.0 Å². The highest BCUT2D eigenvalue weighted by atomic mass is 32.2. The maximum absolute atomic E-state index is 12.9. The zero-order valence-corrected chi connectivity index (χ0v) is 19.1. The molecule has 1 saturated carbocycles. The van der Waals surface area contributed by atoms with Crippen molar-refractivity contribution in [2.75, 3.05) is 39.6 Å². The van der Waals surface area contributed by atoms with Gasteiger partial charge in [-0.1, -0.05) is 0 Å². The van der Waals surface area contributed by atoms with Gasteiger partial charge in [-0.2, -0.15) is 0 Å². The Labute approximate surface area is 181 Å². The van der Waals surface area contributed by atoms with Gasteiger partial charge in [0, 0.05) is 31.6 Å². The van der Waals surface area contributed by atoms with Crippen molar-refractivity contribution in [3.8, 4) is 5.75 Å². The Bertz CT molecular complexity index is 1040. The fraction of sp³-hybridized carbons (Fsp3) is 0.476. The number of ether oxygens (including phenoxy) is 1. The van der Waals surface area contributed by atoms with Crippen LogP contribution in [0.25, 0.3) is 0 Å². The lowest BCUT2D eigenvalue weighted by molar-refractivity contribution is -0.118. The smallest absolute Gasteiger partial charge is 0.242 e. The molecule has 162 valence electrons. The van der Waals surface area contributed by atoms with Gasteiger partial charge in [0.05, 0.1) is 24.2 Å². The third-order valence-electron chi connectivity index (χ3n) is 5.76. The summed E-state index contributed by atoms with van der Waals surface area (Å²) >= 11 is 1.80. The van der Waals surface area contributed by atoms with Crippen molar-refractivity contribution in [2.24, 2.45) is 5.92 Å². The first kappa shape index (κ1) is 21.3. The molecule has 2 aromatic rings. The molecular weight excluding hydrogens is 422 g/mol. The molecule has 4 rings (SSSR count). The number of amides is 1. The molecule has 0 unspecified atom stereocenters. The van der Waals surface area contributed by atoms with Gasteiger partial charge in [-0.3, -0.25) is 9.69 Å². The van der Waals surface area contributed by atoms with Crippen molar-refractivity contribution >= 4 is 33.0 Å². The Balaban J connectivity index is 1.53. The van der Waals surface area contributed by atoms with Crippen LogP contribution in [0.2, 0.25) is 0 Å². The number of hydrogen-bond donors (Lipinski definition) is 1. The summed E-state index contributed by atoms with van der Waals surface area (Å²) in [4.78, 5) is 16.7. The van der Waals surface area contributed by atoms with E-state index < -0.39 is 10.0 Å². The zero-order chi connectivity index (χ0) is 21.5. The van der Waals surface area contributed by atoms with Gasteiger partial charge in [-0.25, -0.2) is 12.7 Å². The van der Waals surface area contributed by atoms with Gasteiger partial charge < -0.3 is 10.1 Å². The molecule has 2 heterocycles. The fourth-order valence-corrected chi connectivity index (χ4v) is 5.91. The van der Waals surface area contributed by atoms with Gasteiger partial charge in [0.25, 0.3) is 0 Å². The summed E-state index contributed by atoms with van der Waals surface area (Å²) in [5.74, 6) is 0.880. The third-order valence-corrected chi connectivity index (χ3v) is 8.56. The van der Waals surface area contributed by atoms with Gasteiger partial charge in [0.1, 0.15) is 5.75 Å². The number of fused-ring (bicyclic) bond motifs is 1. The van der Waals surface area contributed by atoms with Gasteiger partial charge in [-0.15, -0.1) is 11.3 Å². The van der Waals surface area contributed by atoms with Crippen LogP contribution >= 0.6 is 11.3 Å². The molecule has 2 aliphatic rings. The van der Waals surface area contributed by atoms with E-state index in [0.717, 1.165) is 17.3 Å². The van der Waals surface area contributed by atoms with Gasteiger partial charge >= 0.3 is 0 Å². The molecule has 0 spiro atoms. The maximum atomic E-state index is 12.9. The van der Waals surface area contributed by atoms with Crippen LogP contribution in [0.3, 0.4) is 0 Å². The number of carbonyl (C=O) groups is 1. The van der Waals surface area contributed by atoms with E-state index in [1.54, 1.807) is 17.4 Å². The van der Waals surface area contributed by atoms with Crippen molar-refractivity contribution in [3.63, 3.8) is 0 Å². The Morgan fingerprint density at radius 1 is 1.30 bits per heavy atom. The minimum Gasteiger partial charge on any atom is -0.495 e. The average Bonchev–Trinajstić information content (AvgIpc) is 3.43. The number of sulfonamides is 1. The Morgan fingerprint density at radius 2 is 2.07 bits per heavy atom. The van der Waals surface area contributed by atoms with Crippen LogP contribution in [0.5, 0.6) is 5.75 Å². The van der Waals surface area contributed by atoms with Crippen molar-refractivity contribution in [3.05, 3.63) is 40.1 Å². The quantitative estimate of drug-likeness (QED) is 0.703. The number of hydrogen-bond acceptors (Lipinski definition) is 6. The molecule has 1 aliphatic heterocycles. The first-order chi connectivity index (χ1) is 14.3.